The van der Waals surface area contributed by atoms with Gasteiger partial charge < -0.3 is 5.73 Å². The van der Waals surface area contributed by atoms with Gasteiger partial charge >= 0.3 is 0 Å². The van der Waals surface area contributed by atoms with Gasteiger partial charge in [-0.3, -0.25) is 0 Å². The third-order valence-corrected chi connectivity index (χ3v) is 5.03. The molecule has 2 rings (SSSR count). The number of nitrogen functional groups attached to an aromatic ring is 1. The van der Waals surface area contributed by atoms with Gasteiger partial charge in [-0.25, -0.2) is 13.4 Å². The van der Waals surface area contributed by atoms with Crippen LogP contribution in [-0.2, 0) is 10.0 Å². The fourth-order valence-corrected chi connectivity index (χ4v) is 3.45. The van der Waals surface area contributed by atoms with Crippen LogP contribution in [0.15, 0.2) is 23.2 Å². The monoisotopic (exact) mass is 255 g/mol. The molecule has 17 heavy (non-hydrogen) atoms. The Labute approximate surface area is 102 Å². The minimum absolute atomic E-state index is 0.233. The van der Waals surface area contributed by atoms with Crippen LogP contribution in [0.3, 0.4) is 0 Å². The van der Waals surface area contributed by atoms with E-state index in [0.29, 0.717) is 19.0 Å². The summed E-state index contributed by atoms with van der Waals surface area (Å²) in [7, 11) is -3.39. The number of anilines is 1. The summed E-state index contributed by atoms with van der Waals surface area (Å²) in [6.07, 6.45) is 3.26. The maximum atomic E-state index is 12.3. The van der Waals surface area contributed by atoms with Crippen molar-refractivity contribution in [2.24, 2.45) is 5.92 Å². The van der Waals surface area contributed by atoms with Crippen molar-refractivity contribution in [3.8, 4) is 0 Å². The lowest BCUT2D eigenvalue weighted by Gasteiger charge is -2.29. The predicted molar refractivity (Wildman–Crippen MR) is 65.8 cm³/mol. The Balaban J connectivity index is 2.25. The summed E-state index contributed by atoms with van der Waals surface area (Å²) in [4.78, 5) is 4.04. The van der Waals surface area contributed by atoms with Gasteiger partial charge in [0.1, 0.15) is 5.82 Å². The highest BCUT2D eigenvalue weighted by molar-refractivity contribution is 7.89. The first kappa shape index (κ1) is 12.3. The van der Waals surface area contributed by atoms with Crippen molar-refractivity contribution in [2.75, 3.05) is 18.8 Å². The number of nitrogens with zero attached hydrogens (tertiary/aromatic N) is 2. The number of piperidine rings is 1. The zero-order valence-corrected chi connectivity index (χ0v) is 10.7. The summed E-state index contributed by atoms with van der Waals surface area (Å²) in [5.74, 6) is 0.834. The van der Waals surface area contributed by atoms with Crippen LogP contribution in [0.1, 0.15) is 19.8 Å². The van der Waals surface area contributed by atoms with Gasteiger partial charge in [0.15, 0.2) is 0 Å². The van der Waals surface area contributed by atoms with Crippen LogP contribution in [0, 0.1) is 5.92 Å². The smallest absolute Gasteiger partial charge is 0.243 e. The summed E-state index contributed by atoms with van der Waals surface area (Å²) < 4.78 is 26.1. The molecule has 0 aromatic carbocycles. The van der Waals surface area contributed by atoms with Gasteiger partial charge in [0.05, 0.1) is 4.90 Å². The van der Waals surface area contributed by atoms with Crippen molar-refractivity contribution >= 4 is 15.8 Å². The molecule has 1 fully saturated rings. The molecular weight excluding hydrogens is 238 g/mol. The highest BCUT2D eigenvalue weighted by atomic mass is 32.2. The van der Waals surface area contributed by atoms with Crippen molar-refractivity contribution in [3.05, 3.63) is 18.3 Å². The lowest BCUT2D eigenvalue weighted by Crippen LogP contribution is -2.37. The average molecular weight is 255 g/mol. The molecule has 2 N–H and O–H groups in total. The number of hydrogen-bond donors (Lipinski definition) is 1. The Kier molecular flexibility index (Phi) is 3.35. The van der Waals surface area contributed by atoms with Crippen molar-refractivity contribution in [2.45, 2.75) is 24.7 Å². The normalized spacial score (nSPS) is 19.4. The third-order valence-electron chi connectivity index (χ3n) is 3.13. The van der Waals surface area contributed by atoms with Crippen LogP contribution in [0.2, 0.25) is 0 Å². The van der Waals surface area contributed by atoms with Gasteiger partial charge in [-0.1, -0.05) is 6.92 Å². The zero-order valence-electron chi connectivity index (χ0n) is 9.83. The molecule has 94 valence electrons. The first-order valence-electron chi connectivity index (χ1n) is 5.72. The second-order valence-electron chi connectivity index (χ2n) is 4.50. The third kappa shape index (κ3) is 2.58. The van der Waals surface area contributed by atoms with E-state index in [1.54, 1.807) is 0 Å². The van der Waals surface area contributed by atoms with Gasteiger partial charge in [0, 0.05) is 25.4 Å². The van der Waals surface area contributed by atoms with E-state index >= 15 is 0 Å². The van der Waals surface area contributed by atoms with Crippen molar-refractivity contribution < 1.29 is 8.42 Å². The van der Waals surface area contributed by atoms with Gasteiger partial charge in [-0.05, 0) is 24.8 Å². The summed E-state index contributed by atoms with van der Waals surface area (Å²) >= 11 is 0. The summed E-state index contributed by atoms with van der Waals surface area (Å²) in [5, 5.41) is 0. The minimum atomic E-state index is -3.39. The van der Waals surface area contributed by atoms with Crippen LogP contribution in [0.5, 0.6) is 0 Å². The Morgan fingerprint density at radius 2 is 2.06 bits per heavy atom. The molecular formula is C11H17N3O2S. The highest BCUT2D eigenvalue weighted by Crippen LogP contribution is 2.23. The van der Waals surface area contributed by atoms with Crippen LogP contribution in [-0.4, -0.2) is 30.8 Å². The van der Waals surface area contributed by atoms with Crippen LogP contribution >= 0.6 is 0 Å². The number of sulfonamides is 1. The van der Waals surface area contributed by atoms with Gasteiger partial charge in [-0.15, -0.1) is 0 Å². The molecule has 1 aliphatic heterocycles. The van der Waals surface area contributed by atoms with Crippen LogP contribution in [0.25, 0.3) is 0 Å². The molecule has 0 amide bonds. The molecule has 2 heterocycles. The van der Waals surface area contributed by atoms with E-state index in [2.05, 4.69) is 11.9 Å². The SMILES string of the molecule is CC1CCN(S(=O)(=O)c2ccnc(N)c2)CC1. The van der Waals surface area contributed by atoms with Crippen molar-refractivity contribution in [3.63, 3.8) is 0 Å². The molecule has 1 aliphatic rings. The second kappa shape index (κ2) is 4.62. The van der Waals surface area contributed by atoms with Crippen LogP contribution < -0.4 is 5.73 Å². The zero-order chi connectivity index (χ0) is 12.5. The Morgan fingerprint density at radius 3 is 2.65 bits per heavy atom. The van der Waals surface area contributed by atoms with E-state index in [1.165, 1.54) is 22.6 Å². The predicted octanol–water partition coefficient (Wildman–Crippen LogP) is 1.08. The van der Waals surface area contributed by atoms with Crippen molar-refractivity contribution in [1.82, 2.24) is 9.29 Å². The molecule has 1 aromatic heterocycles. The molecule has 5 nitrogen and oxygen atoms in total. The lowest BCUT2D eigenvalue weighted by molar-refractivity contribution is 0.288. The molecule has 1 aromatic rings. The Bertz CT molecular complexity index is 493. The number of pyridine rings is 1. The molecule has 0 saturated carbocycles. The Hall–Kier alpha value is -1.14. The molecule has 0 unspecified atom stereocenters. The highest BCUT2D eigenvalue weighted by Gasteiger charge is 2.28. The first-order valence-corrected chi connectivity index (χ1v) is 7.16. The number of nitrogens with two attached hydrogens (primary N) is 1. The number of rotatable bonds is 2. The second-order valence-corrected chi connectivity index (χ2v) is 6.44. The van der Waals surface area contributed by atoms with E-state index in [1.807, 2.05) is 0 Å². The number of hydrogen-bond acceptors (Lipinski definition) is 4. The maximum absolute atomic E-state index is 12.3. The lowest BCUT2D eigenvalue weighted by atomic mass is 10.0. The van der Waals surface area contributed by atoms with E-state index in [-0.39, 0.29) is 10.7 Å². The molecule has 0 spiro atoms. The largest absolute Gasteiger partial charge is 0.384 e. The van der Waals surface area contributed by atoms with Crippen LogP contribution in [0.4, 0.5) is 5.82 Å². The van der Waals surface area contributed by atoms with Gasteiger partial charge in [-0.2, -0.15) is 4.31 Å². The number of aromatic nitrogens is 1. The molecule has 0 bridgehead atoms. The van der Waals surface area contributed by atoms with Gasteiger partial charge in [0.25, 0.3) is 0 Å². The maximum Gasteiger partial charge on any atom is 0.243 e. The fraction of sp³-hybridized carbons (Fsp3) is 0.545. The van der Waals surface area contributed by atoms with E-state index in [4.69, 9.17) is 5.73 Å². The minimum Gasteiger partial charge on any atom is -0.384 e. The van der Waals surface area contributed by atoms with Crippen molar-refractivity contribution in [1.29, 1.82) is 0 Å². The molecule has 0 atom stereocenters. The van der Waals surface area contributed by atoms with E-state index in [0.717, 1.165) is 12.8 Å². The quantitative estimate of drug-likeness (QED) is 0.858. The van der Waals surface area contributed by atoms with Gasteiger partial charge in [0.2, 0.25) is 10.0 Å². The topological polar surface area (TPSA) is 76.3 Å². The molecule has 1 saturated heterocycles. The summed E-state index contributed by atoms with van der Waals surface area (Å²) in [5.41, 5.74) is 5.51. The Morgan fingerprint density at radius 1 is 1.41 bits per heavy atom. The first-order chi connectivity index (χ1) is 8.00. The standard InChI is InChI=1S/C11H17N3O2S/c1-9-3-6-14(7-4-9)17(15,16)10-2-5-13-11(12)8-10/h2,5,8-9H,3-4,6-7H2,1H3,(H2,12,13). The molecule has 6 heteroatoms. The summed E-state index contributed by atoms with van der Waals surface area (Å²) in [6.45, 7) is 3.33. The van der Waals surface area contributed by atoms with E-state index < -0.39 is 10.0 Å². The molecule has 0 aliphatic carbocycles. The fourth-order valence-electron chi connectivity index (χ4n) is 1.96. The average Bonchev–Trinajstić information content (AvgIpc) is 2.29. The molecule has 0 radical (unpaired) electrons. The summed E-state index contributed by atoms with van der Waals surface area (Å²) in [6, 6.07) is 2.90. The van der Waals surface area contributed by atoms with E-state index in [9.17, 15) is 8.42 Å².